The van der Waals surface area contributed by atoms with Gasteiger partial charge in [-0.3, -0.25) is 4.79 Å². The predicted molar refractivity (Wildman–Crippen MR) is 129 cm³/mol. The van der Waals surface area contributed by atoms with Crippen molar-refractivity contribution in [3.05, 3.63) is 45.3 Å². The number of morpholine rings is 1. The SMILES string of the molecule is CC1(C)Cc2c(c(N3CCOCC3)nc3sc(C(=O)Nc4ccccc4Cl)c(N)c23)CO1. The molecule has 0 unspecified atom stereocenters. The lowest BCUT2D eigenvalue weighted by Crippen LogP contribution is -2.39. The van der Waals surface area contributed by atoms with Crippen LogP contribution in [-0.4, -0.2) is 42.8 Å². The van der Waals surface area contributed by atoms with E-state index in [1.165, 1.54) is 11.3 Å². The number of carbonyl (C=O) groups excluding carboxylic acids is 1. The molecule has 0 saturated carbocycles. The van der Waals surface area contributed by atoms with Gasteiger partial charge < -0.3 is 25.4 Å². The molecule has 0 atom stereocenters. The topological polar surface area (TPSA) is 89.7 Å². The number of ether oxygens (including phenoxy) is 2. The highest BCUT2D eigenvalue weighted by molar-refractivity contribution is 7.21. The minimum absolute atomic E-state index is 0.286. The first-order chi connectivity index (χ1) is 15.3. The van der Waals surface area contributed by atoms with E-state index in [2.05, 4.69) is 24.1 Å². The number of anilines is 3. The van der Waals surface area contributed by atoms with Gasteiger partial charge in [-0.2, -0.15) is 0 Å². The minimum atomic E-state index is -0.322. The highest BCUT2D eigenvalue weighted by Crippen LogP contribution is 2.44. The van der Waals surface area contributed by atoms with Crippen molar-refractivity contribution < 1.29 is 14.3 Å². The number of nitrogens with zero attached hydrogens (tertiary/aromatic N) is 2. The van der Waals surface area contributed by atoms with Gasteiger partial charge in [-0.05, 0) is 31.5 Å². The molecule has 168 valence electrons. The van der Waals surface area contributed by atoms with Crippen molar-refractivity contribution in [2.24, 2.45) is 0 Å². The van der Waals surface area contributed by atoms with Crippen LogP contribution in [-0.2, 0) is 22.5 Å². The van der Waals surface area contributed by atoms with E-state index in [1.54, 1.807) is 12.1 Å². The molecule has 7 nitrogen and oxygen atoms in total. The van der Waals surface area contributed by atoms with Gasteiger partial charge in [0, 0.05) is 30.5 Å². The van der Waals surface area contributed by atoms with Crippen molar-refractivity contribution in [2.75, 3.05) is 42.3 Å². The standard InChI is InChI=1S/C23H25ClN4O3S/c1-23(2)11-13-14(12-31-23)20(28-7-9-30-10-8-28)27-22-17(13)18(25)19(32-22)21(29)26-16-6-4-3-5-15(16)24/h3-6H,7-12,25H2,1-2H3,(H,26,29). The van der Waals surface area contributed by atoms with Gasteiger partial charge >= 0.3 is 0 Å². The zero-order valence-electron chi connectivity index (χ0n) is 18.0. The third-order valence-corrected chi connectivity index (χ3v) is 7.35. The fourth-order valence-electron chi connectivity index (χ4n) is 4.29. The first-order valence-electron chi connectivity index (χ1n) is 10.6. The molecule has 2 aliphatic rings. The maximum absolute atomic E-state index is 13.1. The summed E-state index contributed by atoms with van der Waals surface area (Å²) in [6.45, 7) is 7.49. The summed E-state index contributed by atoms with van der Waals surface area (Å²) in [7, 11) is 0. The Balaban J connectivity index is 1.62. The molecular weight excluding hydrogens is 448 g/mol. The Hall–Kier alpha value is -2.39. The van der Waals surface area contributed by atoms with Gasteiger partial charge in [0.05, 0.1) is 41.8 Å². The molecule has 3 N–H and O–H groups in total. The van der Waals surface area contributed by atoms with Crippen LogP contribution < -0.4 is 16.0 Å². The van der Waals surface area contributed by atoms with Crippen LogP contribution in [0.3, 0.4) is 0 Å². The average molecular weight is 473 g/mol. The second-order valence-electron chi connectivity index (χ2n) is 8.68. The zero-order valence-corrected chi connectivity index (χ0v) is 19.6. The number of benzene rings is 1. The Morgan fingerprint density at radius 3 is 2.75 bits per heavy atom. The predicted octanol–water partition coefficient (Wildman–Crippen LogP) is 4.47. The number of pyridine rings is 1. The molecule has 2 aliphatic heterocycles. The van der Waals surface area contributed by atoms with Gasteiger partial charge in [0.1, 0.15) is 15.5 Å². The average Bonchev–Trinajstić information content (AvgIpc) is 3.11. The number of hydrogen-bond acceptors (Lipinski definition) is 7. The van der Waals surface area contributed by atoms with E-state index in [-0.39, 0.29) is 11.5 Å². The van der Waals surface area contributed by atoms with Crippen LogP contribution >= 0.6 is 22.9 Å². The molecule has 0 aliphatic carbocycles. The van der Waals surface area contributed by atoms with E-state index >= 15 is 0 Å². The number of nitrogens with one attached hydrogen (secondary N) is 1. The molecule has 0 radical (unpaired) electrons. The van der Waals surface area contributed by atoms with Crippen molar-refractivity contribution in [1.29, 1.82) is 0 Å². The van der Waals surface area contributed by atoms with Crippen molar-refractivity contribution in [2.45, 2.75) is 32.5 Å². The van der Waals surface area contributed by atoms with Crippen molar-refractivity contribution in [3.8, 4) is 0 Å². The molecular formula is C23H25ClN4O3S. The highest BCUT2D eigenvalue weighted by Gasteiger charge is 2.34. The summed E-state index contributed by atoms with van der Waals surface area (Å²) in [4.78, 5) is 21.5. The number of carbonyl (C=O) groups is 1. The van der Waals surface area contributed by atoms with Gasteiger partial charge in [0.2, 0.25) is 0 Å². The van der Waals surface area contributed by atoms with Crippen molar-refractivity contribution in [1.82, 2.24) is 4.98 Å². The number of nitrogens with two attached hydrogens (primary N) is 1. The van der Waals surface area contributed by atoms with Crippen molar-refractivity contribution in [3.63, 3.8) is 0 Å². The van der Waals surface area contributed by atoms with Crippen molar-refractivity contribution >= 4 is 56.3 Å². The number of hydrogen-bond donors (Lipinski definition) is 2. The molecule has 1 fully saturated rings. The van der Waals surface area contributed by atoms with Crippen LogP contribution in [0.5, 0.6) is 0 Å². The first-order valence-corrected chi connectivity index (χ1v) is 11.8. The summed E-state index contributed by atoms with van der Waals surface area (Å²) < 4.78 is 11.7. The number of nitrogen functional groups attached to an aromatic ring is 1. The summed E-state index contributed by atoms with van der Waals surface area (Å²) in [5.41, 5.74) is 9.45. The lowest BCUT2D eigenvalue weighted by Gasteiger charge is -2.36. The summed E-state index contributed by atoms with van der Waals surface area (Å²) in [6.07, 6.45) is 0.700. The molecule has 1 saturated heterocycles. The van der Waals surface area contributed by atoms with Gasteiger partial charge in [-0.15, -0.1) is 11.3 Å². The Bertz CT molecular complexity index is 1200. The lowest BCUT2D eigenvalue weighted by atomic mass is 9.89. The quantitative estimate of drug-likeness (QED) is 0.584. The van der Waals surface area contributed by atoms with E-state index in [4.69, 9.17) is 31.8 Å². The first kappa shape index (κ1) is 21.5. The van der Waals surface area contributed by atoms with Crippen LogP contribution in [0.15, 0.2) is 24.3 Å². The van der Waals surface area contributed by atoms with E-state index in [0.29, 0.717) is 47.5 Å². The molecule has 5 rings (SSSR count). The second kappa shape index (κ2) is 8.19. The third-order valence-electron chi connectivity index (χ3n) is 5.92. The number of thiophene rings is 1. The number of para-hydroxylation sites is 1. The largest absolute Gasteiger partial charge is 0.397 e. The number of amides is 1. The Kier molecular flexibility index (Phi) is 5.49. The fraction of sp³-hybridized carbons (Fsp3) is 0.391. The maximum Gasteiger partial charge on any atom is 0.267 e. The molecule has 9 heteroatoms. The molecule has 1 aromatic carbocycles. The fourth-order valence-corrected chi connectivity index (χ4v) is 5.49. The normalized spacial score (nSPS) is 17.9. The lowest BCUT2D eigenvalue weighted by molar-refractivity contribution is -0.0396. The molecule has 4 heterocycles. The number of rotatable bonds is 3. The van der Waals surface area contributed by atoms with E-state index in [0.717, 1.165) is 40.3 Å². The maximum atomic E-state index is 13.1. The molecule has 0 bridgehead atoms. The molecule has 32 heavy (non-hydrogen) atoms. The van der Waals surface area contributed by atoms with Crippen LogP contribution in [0.4, 0.5) is 17.2 Å². The van der Waals surface area contributed by atoms with E-state index in [1.807, 2.05) is 12.1 Å². The second-order valence-corrected chi connectivity index (χ2v) is 10.1. The Morgan fingerprint density at radius 2 is 2.00 bits per heavy atom. The van der Waals surface area contributed by atoms with Gasteiger partial charge in [0.25, 0.3) is 5.91 Å². The minimum Gasteiger partial charge on any atom is -0.397 e. The zero-order chi connectivity index (χ0) is 22.5. The van der Waals surface area contributed by atoms with Gasteiger partial charge in [-0.25, -0.2) is 4.98 Å². The third kappa shape index (κ3) is 3.81. The summed E-state index contributed by atoms with van der Waals surface area (Å²) >= 11 is 7.54. The van der Waals surface area contributed by atoms with E-state index in [9.17, 15) is 4.79 Å². The number of fused-ring (bicyclic) bond motifs is 3. The molecule has 1 amide bonds. The smallest absolute Gasteiger partial charge is 0.267 e. The number of aromatic nitrogens is 1. The molecule has 2 aromatic heterocycles. The summed E-state index contributed by atoms with van der Waals surface area (Å²) in [5, 5.41) is 4.22. The monoisotopic (exact) mass is 472 g/mol. The molecule has 0 spiro atoms. The number of halogens is 1. The van der Waals surface area contributed by atoms with Gasteiger partial charge in [-0.1, -0.05) is 23.7 Å². The van der Waals surface area contributed by atoms with Crippen LogP contribution in [0.1, 0.15) is 34.6 Å². The summed E-state index contributed by atoms with van der Waals surface area (Å²) in [6, 6.07) is 7.14. The Labute approximate surface area is 195 Å². The highest BCUT2D eigenvalue weighted by atomic mass is 35.5. The summed E-state index contributed by atoms with van der Waals surface area (Å²) in [5.74, 6) is 0.622. The Morgan fingerprint density at radius 1 is 1.25 bits per heavy atom. The van der Waals surface area contributed by atoms with Crippen LogP contribution in [0.25, 0.3) is 10.2 Å². The van der Waals surface area contributed by atoms with Gasteiger partial charge in [0.15, 0.2) is 0 Å². The molecule has 3 aromatic rings. The van der Waals surface area contributed by atoms with Crippen LogP contribution in [0.2, 0.25) is 5.02 Å². The van der Waals surface area contributed by atoms with E-state index < -0.39 is 0 Å². The van der Waals surface area contributed by atoms with Crippen LogP contribution in [0, 0.1) is 0 Å².